The van der Waals surface area contributed by atoms with Crippen molar-refractivity contribution in [2.45, 2.75) is 44.9 Å². The molecule has 3 rings (SSSR count). The number of hydrogen-bond donors (Lipinski definition) is 2. The van der Waals surface area contributed by atoms with E-state index in [1.54, 1.807) is 7.11 Å². The van der Waals surface area contributed by atoms with Gasteiger partial charge in [-0.15, -0.1) is 24.0 Å². The van der Waals surface area contributed by atoms with Gasteiger partial charge in [0.05, 0.1) is 26.4 Å². The fourth-order valence-corrected chi connectivity index (χ4v) is 3.75. The molecule has 29 heavy (non-hydrogen) atoms. The van der Waals surface area contributed by atoms with E-state index in [2.05, 4.69) is 27.4 Å². The summed E-state index contributed by atoms with van der Waals surface area (Å²) in [6.07, 6.45) is 2.71. The summed E-state index contributed by atoms with van der Waals surface area (Å²) < 4.78 is 17.4. The molecule has 2 saturated heterocycles. The Morgan fingerprint density at radius 2 is 2.10 bits per heavy atom. The molecular formula is C21H35IN4O3. The number of nitrogens with zero attached hydrogens (tertiary/aromatic N) is 2. The number of hydrogen-bond acceptors (Lipinski definition) is 5. The predicted molar refractivity (Wildman–Crippen MR) is 127 cm³/mol. The second-order valence-electron chi connectivity index (χ2n) is 7.43. The van der Waals surface area contributed by atoms with E-state index in [4.69, 9.17) is 14.2 Å². The predicted octanol–water partition coefficient (Wildman–Crippen LogP) is 2.50. The molecule has 7 nitrogen and oxygen atoms in total. The minimum absolute atomic E-state index is 0. The molecule has 2 N–H and O–H groups in total. The fraction of sp³-hybridized carbons (Fsp3) is 0.667. The number of benzene rings is 1. The maximum atomic E-state index is 6.03. The number of halogens is 1. The highest BCUT2D eigenvalue weighted by molar-refractivity contribution is 14.0. The van der Waals surface area contributed by atoms with Crippen LogP contribution >= 0.6 is 24.0 Å². The minimum atomic E-state index is -0.0666. The first-order valence-corrected chi connectivity index (χ1v) is 10.4. The molecule has 0 radical (unpaired) electrons. The number of morpholine rings is 1. The molecular weight excluding hydrogens is 483 g/mol. The molecule has 0 spiro atoms. The summed E-state index contributed by atoms with van der Waals surface area (Å²) in [5.41, 5.74) is 0. The van der Waals surface area contributed by atoms with Gasteiger partial charge in [-0.25, -0.2) is 4.99 Å². The van der Waals surface area contributed by atoms with E-state index in [1.807, 2.05) is 31.2 Å². The zero-order valence-electron chi connectivity index (χ0n) is 17.7. The van der Waals surface area contributed by atoms with E-state index in [9.17, 15) is 0 Å². The van der Waals surface area contributed by atoms with E-state index in [0.29, 0.717) is 12.6 Å². The monoisotopic (exact) mass is 518 g/mol. The van der Waals surface area contributed by atoms with Crippen LogP contribution in [0, 0.1) is 0 Å². The van der Waals surface area contributed by atoms with Crippen LogP contribution in [0.4, 0.5) is 0 Å². The van der Waals surface area contributed by atoms with E-state index < -0.39 is 0 Å². The van der Waals surface area contributed by atoms with Gasteiger partial charge < -0.3 is 24.8 Å². The van der Waals surface area contributed by atoms with Crippen LogP contribution in [0.2, 0.25) is 0 Å². The van der Waals surface area contributed by atoms with Gasteiger partial charge in [0.1, 0.15) is 6.10 Å². The van der Waals surface area contributed by atoms with Gasteiger partial charge in [0.15, 0.2) is 17.5 Å². The van der Waals surface area contributed by atoms with Crippen LogP contribution in [-0.4, -0.2) is 75.5 Å². The Kier molecular flexibility index (Phi) is 10.3. The van der Waals surface area contributed by atoms with Crippen molar-refractivity contribution in [2.75, 3.05) is 46.4 Å². The van der Waals surface area contributed by atoms with Crippen molar-refractivity contribution in [1.82, 2.24) is 15.5 Å². The van der Waals surface area contributed by atoms with E-state index >= 15 is 0 Å². The Balaban J connectivity index is 0.00000300. The lowest BCUT2D eigenvalue weighted by atomic mass is 10.2. The van der Waals surface area contributed by atoms with Gasteiger partial charge in [-0.2, -0.15) is 0 Å². The number of nitrogens with one attached hydrogen (secondary N) is 2. The van der Waals surface area contributed by atoms with Crippen molar-refractivity contribution < 1.29 is 14.2 Å². The van der Waals surface area contributed by atoms with E-state index in [0.717, 1.165) is 43.7 Å². The summed E-state index contributed by atoms with van der Waals surface area (Å²) in [4.78, 5) is 7.23. The highest BCUT2D eigenvalue weighted by atomic mass is 127. The number of rotatable bonds is 8. The zero-order chi connectivity index (χ0) is 19.8. The van der Waals surface area contributed by atoms with E-state index in [-0.39, 0.29) is 36.2 Å². The lowest BCUT2D eigenvalue weighted by Crippen LogP contribution is -2.51. The van der Waals surface area contributed by atoms with Crippen molar-refractivity contribution in [3.63, 3.8) is 0 Å². The van der Waals surface area contributed by atoms with Crippen LogP contribution in [-0.2, 0) is 4.74 Å². The summed E-state index contributed by atoms with van der Waals surface area (Å²) in [6.45, 7) is 9.26. The molecule has 2 aliphatic heterocycles. The van der Waals surface area contributed by atoms with Crippen molar-refractivity contribution in [3.05, 3.63) is 24.3 Å². The van der Waals surface area contributed by atoms with Gasteiger partial charge in [0, 0.05) is 25.7 Å². The lowest BCUT2D eigenvalue weighted by molar-refractivity contribution is -0.0453. The molecule has 0 bridgehead atoms. The maximum Gasteiger partial charge on any atom is 0.191 e. The van der Waals surface area contributed by atoms with Crippen molar-refractivity contribution >= 4 is 29.9 Å². The first-order valence-electron chi connectivity index (χ1n) is 10.4. The van der Waals surface area contributed by atoms with Gasteiger partial charge in [0.2, 0.25) is 0 Å². The van der Waals surface area contributed by atoms with Crippen LogP contribution < -0.4 is 20.1 Å². The number of fused-ring (bicyclic) bond motifs is 1. The number of guanidine groups is 1. The fourth-order valence-electron chi connectivity index (χ4n) is 3.75. The summed E-state index contributed by atoms with van der Waals surface area (Å²) in [5.74, 6) is 2.27. The molecule has 0 aliphatic carbocycles. The van der Waals surface area contributed by atoms with Gasteiger partial charge in [-0.3, -0.25) is 4.90 Å². The third kappa shape index (κ3) is 7.18. The molecule has 0 saturated carbocycles. The van der Waals surface area contributed by atoms with Crippen LogP contribution in [0.3, 0.4) is 0 Å². The molecule has 8 heteroatoms. The van der Waals surface area contributed by atoms with Gasteiger partial charge in [-0.1, -0.05) is 12.1 Å². The molecule has 3 atom stereocenters. The summed E-state index contributed by atoms with van der Waals surface area (Å²) in [6, 6.07) is 8.31. The number of para-hydroxylation sites is 2. The lowest BCUT2D eigenvalue weighted by Gasteiger charge is -2.35. The number of aliphatic imine (C=N–C) groups is 1. The quantitative estimate of drug-likeness (QED) is 0.313. The Labute approximate surface area is 191 Å². The first kappa shape index (κ1) is 24.0. The molecule has 164 valence electrons. The zero-order valence-corrected chi connectivity index (χ0v) is 20.1. The van der Waals surface area contributed by atoms with Gasteiger partial charge in [0.25, 0.3) is 0 Å². The molecule has 0 amide bonds. The average molecular weight is 518 g/mol. The number of ether oxygens (including phenoxy) is 3. The van der Waals surface area contributed by atoms with Crippen molar-refractivity contribution in [3.8, 4) is 11.5 Å². The third-order valence-electron chi connectivity index (χ3n) is 5.21. The van der Waals surface area contributed by atoms with Crippen LogP contribution in [0.15, 0.2) is 29.3 Å². The Bertz CT molecular complexity index is 646. The maximum absolute atomic E-state index is 6.03. The van der Waals surface area contributed by atoms with Crippen LogP contribution in [0.1, 0.15) is 26.7 Å². The number of methoxy groups -OCH3 is 1. The summed E-state index contributed by atoms with van der Waals surface area (Å²) >= 11 is 0. The second kappa shape index (κ2) is 12.4. The molecule has 1 aromatic carbocycles. The van der Waals surface area contributed by atoms with Crippen LogP contribution in [0.5, 0.6) is 11.5 Å². The second-order valence-corrected chi connectivity index (χ2v) is 7.43. The largest absolute Gasteiger partial charge is 0.493 e. The Morgan fingerprint density at radius 3 is 2.86 bits per heavy atom. The minimum Gasteiger partial charge on any atom is -0.493 e. The average Bonchev–Trinajstić information content (AvgIpc) is 3.18. The van der Waals surface area contributed by atoms with Gasteiger partial charge >= 0.3 is 0 Å². The summed E-state index contributed by atoms with van der Waals surface area (Å²) in [7, 11) is 1.65. The molecule has 0 aromatic heterocycles. The van der Waals surface area contributed by atoms with E-state index in [1.165, 1.54) is 19.4 Å². The van der Waals surface area contributed by atoms with Crippen molar-refractivity contribution in [1.29, 1.82) is 0 Å². The molecule has 2 heterocycles. The normalized spacial score (nSPS) is 22.9. The highest BCUT2D eigenvalue weighted by Gasteiger charge is 2.32. The standard InChI is InChI=1S/C21H34N4O3.HI/c1-4-22-21(24-13-18-14-25-11-7-8-17(25)15-27-18)23-12-16(2)28-20-10-6-5-9-19(20)26-3;/h5-6,9-10,16-18H,4,7-8,11-15H2,1-3H3,(H2,22,23,24);1H. The third-order valence-corrected chi connectivity index (χ3v) is 5.21. The first-order chi connectivity index (χ1) is 13.7. The Morgan fingerprint density at radius 1 is 1.31 bits per heavy atom. The highest BCUT2D eigenvalue weighted by Crippen LogP contribution is 2.26. The SMILES string of the molecule is CCNC(=NCC(C)Oc1ccccc1OC)NCC1CN2CCCC2CO1.I. The van der Waals surface area contributed by atoms with Gasteiger partial charge in [-0.05, 0) is 45.4 Å². The Hall–Kier alpha value is -1.26. The topological polar surface area (TPSA) is 67.4 Å². The smallest absolute Gasteiger partial charge is 0.191 e. The molecule has 1 aromatic rings. The van der Waals surface area contributed by atoms with Crippen LogP contribution in [0.25, 0.3) is 0 Å². The molecule has 3 unspecified atom stereocenters. The van der Waals surface area contributed by atoms with Crippen molar-refractivity contribution in [2.24, 2.45) is 4.99 Å². The molecule has 2 aliphatic rings. The molecule has 2 fully saturated rings. The summed E-state index contributed by atoms with van der Waals surface area (Å²) in [5, 5.41) is 6.72.